The second kappa shape index (κ2) is 8.45. The lowest BCUT2D eigenvalue weighted by Gasteiger charge is -2.13. The van der Waals surface area contributed by atoms with Crippen LogP contribution in [0.15, 0.2) is 29.1 Å². The van der Waals surface area contributed by atoms with Gasteiger partial charge in [0, 0.05) is 31.5 Å². The molecule has 2 N–H and O–H groups in total. The number of H-pyrrole nitrogens is 1. The Bertz CT molecular complexity index is 974. The Labute approximate surface area is 157 Å². The molecule has 0 aliphatic rings. The molecule has 144 valence electrons. The van der Waals surface area contributed by atoms with Gasteiger partial charge in [-0.3, -0.25) is 9.89 Å². The van der Waals surface area contributed by atoms with Gasteiger partial charge >= 0.3 is 0 Å². The van der Waals surface area contributed by atoms with Crippen LogP contribution in [0.2, 0.25) is 0 Å². The van der Waals surface area contributed by atoms with Crippen molar-refractivity contribution in [2.75, 3.05) is 20.3 Å². The molecule has 0 fully saturated rings. The van der Waals surface area contributed by atoms with Crippen molar-refractivity contribution >= 4 is 10.9 Å². The Kier molecular flexibility index (Phi) is 6.03. The van der Waals surface area contributed by atoms with E-state index in [4.69, 9.17) is 4.74 Å². The van der Waals surface area contributed by atoms with Gasteiger partial charge in [-0.15, -0.1) is 0 Å². The summed E-state index contributed by atoms with van der Waals surface area (Å²) in [5.74, 6) is -0.357. The normalized spacial score (nSPS) is 11.4. The maximum Gasteiger partial charge on any atom is 0.255 e. The average molecular weight is 372 g/mol. The summed E-state index contributed by atoms with van der Waals surface area (Å²) in [5.41, 5.74) is 4.41. The fraction of sp³-hybridized carbons (Fsp3) is 0.400. The van der Waals surface area contributed by atoms with Crippen LogP contribution in [-0.2, 0) is 24.2 Å². The van der Waals surface area contributed by atoms with E-state index in [9.17, 15) is 9.18 Å². The molecular weight excluding hydrogens is 347 g/mol. The van der Waals surface area contributed by atoms with Gasteiger partial charge in [-0.2, -0.15) is 5.10 Å². The van der Waals surface area contributed by atoms with Crippen molar-refractivity contribution in [2.45, 2.75) is 33.4 Å². The van der Waals surface area contributed by atoms with Gasteiger partial charge in [0.15, 0.2) is 0 Å². The van der Waals surface area contributed by atoms with Crippen molar-refractivity contribution in [1.82, 2.24) is 20.1 Å². The van der Waals surface area contributed by atoms with Gasteiger partial charge < -0.3 is 14.6 Å². The van der Waals surface area contributed by atoms with E-state index in [-0.39, 0.29) is 11.4 Å². The number of hydrogen-bond acceptors (Lipinski definition) is 4. The van der Waals surface area contributed by atoms with Crippen molar-refractivity contribution in [2.24, 2.45) is 0 Å². The molecule has 0 amide bonds. The fourth-order valence-corrected chi connectivity index (χ4v) is 3.31. The van der Waals surface area contributed by atoms with Gasteiger partial charge in [0.05, 0.1) is 17.8 Å². The Morgan fingerprint density at radius 3 is 2.81 bits per heavy atom. The van der Waals surface area contributed by atoms with Gasteiger partial charge in [0.25, 0.3) is 5.56 Å². The summed E-state index contributed by atoms with van der Waals surface area (Å²) in [6.45, 7) is 5.95. The minimum absolute atomic E-state index is 0.117. The molecule has 0 radical (unpaired) electrons. The molecule has 2 heterocycles. The number of nitrogens with zero attached hydrogens (tertiary/aromatic N) is 2. The van der Waals surface area contributed by atoms with Crippen LogP contribution in [0, 0.1) is 19.7 Å². The third kappa shape index (κ3) is 4.26. The molecule has 0 spiro atoms. The number of hydrogen-bond donors (Lipinski definition) is 2. The number of aromatic amines is 1. The fourth-order valence-electron chi connectivity index (χ4n) is 3.31. The minimum Gasteiger partial charge on any atom is -0.383 e. The molecule has 3 aromatic rings. The van der Waals surface area contributed by atoms with Crippen molar-refractivity contribution in [3.63, 3.8) is 0 Å². The van der Waals surface area contributed by atoms with E-state index in [0.29, 0.717) is 30.8 Å². The van der Waals surface area contributed by atoms with Crippen LogP contribution in [0.4, 0.5) is 4.39 Å². The lowest BCUT2D eigenvalue weighted by atomic mass is 10.1. The molecular formula is C20H25FN4O2. The predicted octanol–water partition coefficient (Wildman–Crippen LogP) is 2.46. The molecule has 0 unspecified atom stereocenters. The zero-order valence-corrected chi connectivity index (χ0v) is 15.9. The molecule has 3 rings (SSSR count). The zero-order chi connectivity index (χ0) is 19.4. The largest absolute Gasteiger partial charge is 0.383 e. The molecule has 1 aromatic carbocycles. The molecule has 0 saturated heterocycles. The first-order valence-electron chi connectivity index (χ1n) is 9.03. The smallest absolute Gasteiger partial charge is 0.255 e. The molecule has 0 saturated carbocycles. The highest BCUT2D eigenvalue weighted by atomic mass is 19.1. The third-order valence-corrected chi connectivity index (χ3v) is 4.80. The number of nitrogens with one attached hydrogen (secondary N) is 2. The van der Waals surface area contributed by atoms with Crippen molar-refractivity contribution in [1.29, 1.82) is 0 Å². The number of methoxy groups -OCH3 is 1. The topological polar surface area (TPSA) is 71.9 Å². The summed E-state index contributed by atoms with van der Waals surface area (Å²) in [7, 11) is 1.58. The standard InChI is InChI=1S/C20H25FN4O2/c1-13-18(14(2)24-23-13)6-7-22-12-16-10-15-4-5-17(21)11-19(15)25(20(16)26)8-9-27-3/h4-5,10-11,22H,6-9,12H2,1-3H3,(H,23,24). The Morgan fingerprint density at radius 2 is 2.11 bits per heavy atom. The minimum atomic E-state index is -0.357. The van der Waals surface area contributed by atoms with E-state index in [1.807, 2.05) is 19.9 Å². The SMILES string of the molecule is COCCn1c(=O)c(CNCCc2c(C)n[nH]c2C)cc2ccc(F)cc21. The molecule has 0 bridgehead atoms. The summed E-state index contributed by atoms with van der Waals surface area (Å²) in [4.78, 5) is 12.9. The number of fused-ring (bicyclic) bond motifs is 1. The van der Waals surface area contributed by atoms with Crippen molar-refractivity contribution in [3.05, 3.63) is 63.0 Å². The van der Waals surface area contributed by atoms with Gasteiger partial charge in [-0.1, -0.05) is 0 Å². The highest BCUT2D eigenvalue weighted by Crippen LogP contribution is 2.16. The van der Waals surface area contributed by atoms with Crippen LogP contribution in [0.1, 0.15) is 22.5 Å². The Balaban J connectivity index is 1.78. The Morgan fingerprint density at radius 1 is 1.30 bits per heavy atom. The summed E-state index contributed by atoms with van der Waals surface area (Å²) >= 11 is 0. The second-order valence-electron chi connectivity index (χ2n) is 6.66. The molecule has 7 heteroatoms. The van der Waals surface area contributed by atoms with Crippen molar-refractivity contribution < 1.29 is 9.13 Å². The lowest BCUT2D eigenvalue weighted by molar-refractivity contribution is 0.187. The molecule has 2 aromatic heterocycles. The number of pyridine rings is 1. The number of rotatable bonds is 8. The number of ether oxygens (including phenoxy) is 1. The quantitative estimate of drug-likeness (QED) is 0.596. The van der Waals surface area contributed by atoms with E-state index >= 15 is 0 Å². The van der Waals surface area contributed by atoms with Crippen LogP contribution in [-0.4, -0.2) is 35.0 Å². The van der Waals surface area contributed by atoms with Gasteiger partial charge in [-0.05, 0) is 62.0 Å². The van der Waals surface area contributed by atoms with Crippen LogP contribution in [0.3, 0.4) is 0 Å². The maximum absolute atomic E-state index is 13.7. The predicted molar refractivity (Wildman–Crippen MR) is 104 cm³/mol. The number of benzene rings is 1. The number of halogens is 1. The molecule has 27 heavy (non-hydrogen) atoms. The maximum atomic E-state index is 13.7. The molecule has 0 aliphatic carbocycles. The first kappa shape index (κ1) is 19.3. The molecule has 6 nitrogen and oxygen atoms in total. The summed E-state index contributed by atoms with van der Waals surface area (Å²) < 4.78 is 20.3. The van der Waals surface area contributed by atoms with Crippen LogP contribution in [0.5, 0.6) is 0 Å². The van der Waals surface area contributed by atoms with E-state index in [1.54, 1.807) is 17.7 Å². The Hall–Kier alpha value is -2.51. The van der Waals surface area contributed by atoms with Crippen LogP contribution in [0.25, 0.3) is 10.9 Å². The summed E-state index contributed by atoms with van der Waals surface area (Å²) in [6, 6.07) is 6.35. The summed E-state index contributed by atoms with van der Waals surface area (Å²) in [5, 5.41) is 11.4. The highest BCUT2D eigenvalue weighted by Gasteiger charge is 2.11. The van der Waals surface area contributed by atoms with Gasteiger partial charge in [0.1, 0.15) is 5.82 Å². The van der Waals surface area contributed by atoms with E-state index in [2.05, 4.69) is 15.5 Å². The monoisotopic (exact) mass is 372 g/mol. The van der Waals surface area contributed by atoms with Gasteiger partial charge in [0.2, 0.25) is 0 Å². The van der Waals surface area contributed by atoms with Crippen LogP contribution < -0.4 is 10.9 Å². The number of aryl methyl sites for hydroxylation is 2. The second-order valence-corrected chi connectivity index (χ2v) is 6.66. The van der Waals surface area contributed by atoms with Gasteiger partial charge in [-0.25, -0.2) is 4.39 Å². The lowest BCUT2D eigenvalue weighted by Crippen LogP contribution is -2.29. The van der Waals surface area contributed by atoms with Crippen molar-refractivity contribution in [3.8, 4) is 0 Å². The highest BCUT2D eigenvalue weighted by molar-refractivity contribution is 5.79. The van der Waals surface area contributed by atoms with E-state index in [1.165, 1.54) is 17.7 Å². The first-order chi connectivity index (χ1) is 13.0. The summed E-state index contributed by atoms with van der Waals surface area (Å²) in [6.07, 6.45) is 0.838. The zero-order valence-electron chi connectivity index (χ0n) is 15.9. The average Bonchev–Trinajstić information content (AvgIpc) is 2.97. The van der Waals surface area contributed by atoms with E-state index < -0.39 is 0 Å². The first-order valence-corrected chi connectivity index (χ1v) is 9.03. The third-order valence-electron chi connectivity index (χ3n) is 4.80. The molecule has 0 aliphatic heterocycles. The van der Waals surface area contributed by atoms with Crippen LogP contribution >= 0.6 is 0 Å². The van der Waals surface area contributed by atoms with E-state index in [0.717, 1.165) is 29.7 Å². The molecule has 0 atom stereocenters. The number of aromatic nitrogens is 3.